The fraction of sp³-hybridized carbons (Fsp3) is 1.00. The van der Waals surface area contributed by atoms with Gasteiger partial charge in [0, 0.05) is 19.8 Å². The van der Waals surface area contributed by atoms with Gasteiger partial charge in [0.1, 0.15) is 0 Å². The molecule has 2 heteroatoms. The molecule has 1 heterocycles. The molecule has 0 aliphatic carbocycles. The molecule has 15 heavy (non-hydrogen) atoms. The van der Waals surface area contributed by atoms with Gasteiger partial charge >= 0.3 is 0 Å². The molecule has 2 nitrogen and oxygen atoms in total. The minimum Gasteiger partial charge on any atom is -0.381 e. The minimum atomic E-state index is 0.961. The second-order valence-electron chi connectivity index (χ2n) is 4.58. The van der Waals surface area contributed by atoms with Crippen LogP contribution in [0.3, 0.4) is 0 Å². The van der Waals surface area contributed by atoms with Crippen molar-refractivity contribution in [2.45, 2.75) is 51.9 Å². The predicted octanol–water partition coefficient (Wildman–Crippen LogP) is 3.07. The monoisotopic (exact) mass is 213 g/mol. The summed E-state index contributed by atoms with van der Waals surface area (Å²) in [5.41, 5.74) is 0. The molecule has 1 aliphatic rings. The number of likely N-dealkylation sites (tertiary alicyclic amines) is 1. The SMILES string of the molecule is CCCCCCOCCCN1CCCC1. The number of hydrogen-bond donors (Lipinski definition) is 0. The summed E-state index contributed by atoms with van der Waals surface area (Å²) < 4.78 is 5.61. The molecular weight excluding hydrogens is 186 g/mol. The van der Waals surface area contributed by atoms with E-state index in [9.17, 15) is 0 Å². The quantitative estimate of drug-likeness (QED) is 0.546. The van der Waals surface area contributed by atoms with Crippen molar-refractivity contribution in [2.75, 3.05) is 32.8 Å². The van der Waals surface area contributed by atoms with Crippen LogP contribution >= 0.6 is 0 Å². The molecule has 1 saturated heterocycles. The van der Waals surface area contributed by atoms with Crippen molar-refractivity contribution in [3.8, 4) is 0 Å². The zero-order valence-electron chi connectivity index (χ0n) is 10.3. The van der Waals surface area contributed by atoms with Crippen LogP contribution in [-0.2, 0) is 4.74 Å². The maximum Gasteiger partial charge on any atom is 0.0478 e. The lowest BCUT2D eigenvalue weighted by molar-refractivity contribution is 0.120. The lowest BCUT2D eigenvalue weighted by Crippen LogP contribution is -2.21. The molecule has 0 aromatic rings. The second-order valence-corrected chi connectivity index (χ2v) is 4.58. The Hall–Kier alpha value is -0.0800. The Balaban J connectivity index is 1.73. The molecule has 0 amide bonds. The van der Waals surface area contributed by atoms with Gasteiger partial charge in [-0.05, 0) is 38.8 Å². The largest absolute Gasteiger partial charge is 0.381 e. The first kappa shape index (κ1) is 13.0. The number of unbranched alkanes of at least 4 members (excludes halogenated alkanes) is 3. The minimum absolute atomic E-state index is 0.961. The third-order valence-corrected chi connectivity index (χ3v) is 3.10. The zero-order valence-corrected chi connectivity index (χ0v) is 10.3. The molecule has 0 aromatic heterocycles. The van der Waals surface area contributed by atoms with Crippen molar-refractivity contribution in [2.24, 2.45) is 0 Å². The lowest BCUT2D eigenvalue weighted by atomic mass is 10.2. The van der Waals surface area contributed by atoms with Crippen LogP contribution in [0.25, 0.3) is 0 Å². The summed E-state index contributed by atoms with van der Waals surface area (Å²) in [4.78, 5) is 2.56. The van der Waals surface area contributed by atoms with Crippen molar-refractivity contribution >= 4 is 0 Å². The topological polar surface area (TPSA) is 12.5 Å². The van der Waals surface area contributed by atoms with E-state index in [1.54, 1.807) is 0 Å². The van der Waals surface area contributed by atoms with Crippen LogP contribution in [0.5, 0.6) is 0 Å². The van der Waals surface area contributed by atoms with Gasteiger partial charge in [-0.25, -0.2) is 0 Å². The van der Waals surface area contributed by atoms with Gasteiger partial charge in [0.2, 0.25) is 0 Å². The number of nitrogens with zero attached hydrogens (tertiary/aromatic N) is 1. The van der Waals surface area contributed by atoms with E-state index < -0.39 is 0 Å². The first-order valence-electron chi connectivity index (χ1n) is 6.73. The Morgan fingerprint density at radius 2 is 1.67 bits per heavy atom. The summed E-state index contributed by atoms with van der Waals surface area (Å²) in [6.07, 6.45) is 9.27. The fourth-order valence-electron chi connectivity index (χ4n) is 2.13. The summed E-state index contributed by atoms with van der Waals surface area (Å²) in [6, 6.07) is 0. The third kappa shape index (κ3) is 6.91. The smallest absolute Gasteiger partial charge is 0.0478 e. The third-order valence-electron chi connectivity index (χ3n) is 3.10. The Morgan fingerprint density at radius 3 is 2.40 bits per heavy atom. The summed E-state index contributed by atoms with van der Waals surface area (Å²) in [6.45, 7) is 8.06. The molecule has 0 aromatic carbocycles. The average Bonchev–Trinajstić information content (AvgIpc) is 2.75. The molecule has 0 atom stereocenters. The molecule has 1 aliphatic heterocycles. The van der Waals surface area contributed by atoms with Crippen LogP contribution in [0, 0.1) is 0 Å². The molecule has 90 valence electrons. The van der Waals surface area contributed by atoms with Gasteiger partial charge in [-0.1, -0.05) is 26.2 Å². The van der Waals surface area contributed by atoms with Crippen molar-refractivity contribution in [3.05, 3.63) is 0 Å². The van der Waals surface area contributed by atoms with E-state index in [0.29, 0.717) is 0 Å². The molecule has 0 radical (unpaired) electrons. The van der Waals surface area contributed by atoms with E-state index in [1.807, 2.05) is 0 Å². The van der Waals surface area contributed by atoms with Crippen LogP contribution in [0.2, 0.25) is 0 Å². The first-order chi connectivity index (χ1) is 7.43. The number of ether oxygens (including phenoxy) is 1. The standard InChI is InChI=1S/C13H27NO/c1-2-3-4-7-12-15-13-8-11-14-9-5-6-10-14/h2-13H2,1H3. The van der Waals surface area contributed by atoms with Gasteiger partial charge in [0.05, 0.1) is 0 Å². The van der Waals surface area contributed by atoms with E-state index >= 15 is 0 Å². The molecule has 0 bridgehead atoms. The Bertz CT molecular complexity index is 132. The zero-order chi connectivity index (χ0) is 10.8. The molecule has 0 saturated carbocycles. The van der Waals surface area contributed by atoms with Gasteiger partial charge in [0.15, 0.2) is 0 Å². The highest BCUT2D eigenvalue weighted by molar-refractivity contribution is 4.65. The summed E-state index contributed by atoms with van der Waals surface area (Å²) >= 11 is 0. The second kappa shape index (κ2) is 9.17. The van der Waals surface area contributed by atoms with E-state index in [-0.39, 0.29) is 0 Å². The first-order valence-corrected chi connectivity index (χ1v) is 6.73. The highest BCUT2D eigenvalue weighted by Gasteiger charge is 2.09. The fourth-order valence-corrected chi connectivity index (χ4v) is 2.13. The molecule has 1 fully saturated rings. The van der Waals surface area contributed by atoms with E-state index in [0.717, 1.165) is 13.2 Å². The van der Waals surface area contributed by atoms with Crippen molar-refractivity contribution in [1.29, 1.82) is 0 Å². The molecule has 0 unspecified atom stereocenters. The van der Waals surface area contributed by atoms with Crippen LogP contribution in [0.1, 0.15) is 51.9 Å². The van der Waals surface area contributed by atoms with Crippen LogP contribution in [0.4, 0.5) is 0 Å². The van der Waals surface area contributed by atoms with E-state index in [1.165, 1.54) is 64.6 Å². The Labute approximate surface area is 95.0 Å². The Morgan fingerprint density at radius 1 is 0.933 bits per heavy atom. The number of rotatable bonds is 9. The van der Waals surface area contributed by atoms with Crippen molar-refractivity contribution in [1.82, 2.24) is 4.90 Å². The normalized spacial score (nSPS) is 17.4. The van der Waals surface area contributed by atoms with Gasteiger partial charge in [-0.3, -0.25) is 0 Å². The summed E-state index contributed by atoms with van der Waals surface area (Å²) in [5, 5.41) is 0. The van der Waals surface area contributed by atoms with Crippen molar-refractivity contribution in [3.63, 3.8) is 0 Å². The maximum atomic E-state index is 5.61. The highest BCUT2D eigenvalue weighted by Crippen LogP contribution is 2.07. The van der Waals surface area contributed by atoms with Gasteiger partial charge < -0.3 is 9.64 Å². The highest BCUT2D eigenvalue weighted by atomic mass is 16.5. The van der Waals surface area contributed by atoms with E-state index in [2.05, 4.69) is 11.8 Å². The average molecular weight is 213 g/mol. The molecule has 0 N–H and O–H groups in total. The van der Waals surface area contributed by atoms with Crippen molar-refractivity contribution < 1.29 is 4.74 Å². The number of hydrogen-bond acceptors (Lipinski definition) is 2. The Kier molecular flexibility index (Phi) is 7.94. The van der Waals surface area contributed by atoms with Gasteiger partial charge in [0.25, 0.3) is 0 Å². The van der Waals surface area contributed by atoms with Gasteiger partial charge in [-0.15, -0.1) is 0 Å². The van der Waals surface area contributed by atoms with Crippen LogP contribution in [0.15, 0.2) is 0 Å². The summed E-state index contributed by atoms with van der Waals surface area (Å²) in [7, 11) is 0. The van der Waals surface area contributed by atoms with Crippen LogP contribution < -0.4 is 0 Å². The molecule has 1 rings (SSSR count). The predicted molar refractivity (Wildman–Crippen MR) is 65.3 cm³/mol. The molecular formula is C13H27NO. The van der Waals surface area contributed by atoms with Gasteiger partial charge in [-0.2, -0.15) is 0 Å². The summed E-state index contributed by atoms with van der Waals surface area (Å²) in [5.74, 6) is 0. The maximum absolute atomic E-state index is 5.61. The van der Waals surface area contributed by atoms with Crippen LogP contribution in [-0.4, -0.2) is 37.7 Å². The molecule has 0 spiro atoms. The van der Waals surface area contributed by atoms with E-state index in [4.69, 9.17) is 4.74 Å². The lowest BCUT2D eigenvalue weighted by Gasteiger charge is -2.13.